The molecule has 0 N–H and O–H groups in total. The Hall–Kier alpha value is -0.700. The maximum Gasteiger partial charge on any atom is 0.149 e. The summed E-state index contributed by atoms with van der Waals surface area (Å²) in [4.78, 5) is 25.7. The molecule has 1 aliphatic carbocycles. The van der Waals surface area contributed by atoms with E-state index in [2.05, 4.69) is 11.9 Å². The van der Waals surface area contributed by atoms with Gasteiger partial charge in [0.25, 0.3) is 0 Å². The van der Waals surface area contributed by atoms with Crippen molar-refractivity contribution in [2.45, 2.75) is 26.2 Å². The first kappa shape index (κ1) is 9.84. The Morgan fingerprint density at radius 1 is 1.29 bits per heavy atom. The minimum Gasteiger partial charge on any atom is -0.306 e. The van der Waals surface area contributed by atoms with Gasteiger partial charge in [0.2, 0.25) is 0 Å². The van der Waals surface area contributed by atoms with Crippen molar-refractivity contribution in [1.82, 2.24) is 4.90 Å². The van der Waals surface area contributed by atoms with Gasteiger partial charge in [0.15, 0.2) is 0 Å². The lowest BCUT2D eigenvalue weighted by Crippen LogP contribution is -2.41. The van der Waals surface area contributed by atoms with E-state index in [-0.39, 0.29) is 22.9 Å². The Bertz CT molecular complexity index is 277. The Morgan fingerprint density at radius 3 is 2.29 bits per heavy atom. The van der Waals surface area contributed by atoms with Gasteiger partial charge in [-0.2, -0.15) is 0 Å². The van der Waals surface area contributed by atoms with Gasteiger partial charge in [-0.05, 0) is 39.9 Å². The summed E-state index contributed by atoms with van der Waals surface area (Å²) in [6.45, 7) is 3.66. The third-order valence-corrected chi connectivity index (χ3v) is 3.86. The van der Waals surface area contributed by atoms with Crippen LogP contribution < -0.4 is 0 Å². The maximum absolute atomic E-state index is 12.0. The Kier molecular flexibility index (Phi) is 2.22. The molecule has 2 aliphatic rings. The molecule has 1 spiro atoms. The van der Waals surface area contributed by atoms with E-state index in [4.69, 9.17) is 0 Å². The molecule has 14 heavy (non-hydrogen) atoms. The molecule has 2 fully saturated rings. The number of Topliss-reactive ketones (excluding diaryl/α,β-unsaturated/α-hetero) is 2. The lowest BCUT2D eigenvalue weighted by Gasteiger charge is -2.35. The van der Waals surface area contributed by atoms with Crippen molar-refractivity contribution >= 4 is 11.6 Å². The average Bonchev–Trinajstić information content (AvgIpc) is 2.37. The SMILES string of the molecule is CC1C(=O)CC2(CCN(C)CC2)C1=O. The standard InChI is InChI=1S/C11H17NO2/c1-8-9(13)7-11(10(8)14)3-5-12(2)6-4-11/h8H,3-7H2,1-2H3. The van der Waals surface area contributed by atoms with Gasteiger partial charge in [0.1, 0.15) is 11.6 Å². The molecule has 2 rings (SSSR count). The zero-order chi connectivity index (χ0) is 10.3. The van der Waals surface area contributed by atoms with Crippen molar-refractivity contribution in [3.63, 3.8) is 0 Å². The van der Waals surface area contributed by atoms with E-state index < -0.39 is 0 Å². The number of likely N-dealkylation sites (tertiary alicyclic amines) is 1. The van der Waals surface area contributed by atoms with E-state index in [1.807, 2.05) is 0 Å². The Labute approximate surface area is 84.5 Å². The molecule has 0 radical (unpaired) electrons. The molecular weight excluding hydrogens is 178 g/mol. The molecule has 0 aromatic heterocycles. The van der Waals surface area contributed by atoms with Crippen LogP contribution in [0.1, 0.15) is 26.2 Å². The highest BCUT2D eigenvalue weighted by Crippen LogP contribution is 2.43. The van der Waals surface area contributed by atoms with E-state index in [1.54, 1.807) is 6.92 Å². The largest absolute Gasteiger partial charge is 0.306 e. The Morgan fingerprint density at radius 2 is 1.86 bits per heavy atom. The van der Waals surface area contributed by atoms with Crippen molar-refractivity contribution < 1.29 is 9.59 Å². The molecule has 3 heteroatoms. The third-order valence-electron chi connectivity index (χ3n) is 3.86. The predicted octanol–water partition coefficient (Wildman–Crippen LogP) is 0.876. The summed E-state index contributed by atoms with van der Waals surface area (Å²) in [7, 11) is 2.07. The highest BCUT2D eigenvalue weighted by molar-refractivity contribution is 6.11. The summed E-state index contributed by atoms with van der Waals surface area (Å²) in [6.07, 6.45) is 2.25. The van der Waals surface area contributed by atoms with E-state index in [1.165, 1.54) is 0 Å². The topological polar surface area (TPSA) is 37.4 Å². The molecule has 0 bridgehead atoms. The van der Waals surface area contributed by atoms with Crippen molar-refractivity contribution in [3.8, 4) is 0 Å². The number of hydrogen-bond acceptors (Lipinski definition) is 3. The van der Waals surface area contributed by atoms with Crippen molar-refractivity contribution in [3.05, 3.63) is 0 Å². The monoisotopic (exact) mass is 195 g/mol. The highest BCUT2D eigenvalue weighted by Gasteiger charge is 2.51. The molecule has 1 unspecified atom stereocenters. The van der Waals surface area contributed by atoms with Crippen LogP contribution in [0.15, 0.2) is 0 Å². The minimum atomic E-state index is -0.335. The molecule has 78 valence electrons. The van der Waals surface area contributed by atoms with E-state index in [0.29, 0.717) is 6.42 Å². The summed E-state index contributed by atoms with van der Waals surface area (Å²) < 4.78 is 0. The first-order chi connectivity index (χ1) is 6.55. The number of ketones is 2. The van der Waals surface area contributed by atoms with Crippen molar-refractivity contribution in [2.24, 2.45) is 11.3 Å². The van der Waals surface area contributed by atoms with Gasteiger partial charge in [-0.25, -0.2) is 0 Å². The number of carbonyl (C=O) groups excluding carboxylic acids is 2. The third kappa shape index (κ3) is 1.31. The predicted molar refractivity (Wildman–Crippen MR) is 53.0 cm³/mol. The fourth-order valence-electron chi connectivity index (χ4n) is 2.65. The van der Waals surface area contributed by atoms with Crippen LogP contribution in [-0.4, -0.2) is 36.6 Å². The quantitative estimate of drug-likeness (QED) is 0.538. The summed E-state index contributed by atoms with van der Waals surface area (Å²) in [6, 6.07) is 0. The van der Waals surface area contributed by atoms with Gasteiger partial charge in [-0.15, -0.1) is 0 Å². The smallest absolute Gasteiger partial charge is 0.149 e. The minimum absolute atomic E-state index is 0.152. The molecule has 1 saturated heterocycles. The van der Waals surface area contributed by atoms with Crippen LogP contribution in [0.4, 0.5) is 0 Å². The van der Waals surface area contributed by atoms with E-state index in [0.717, 1.165) is 25.9 Å². The normalized spacial score (nSPS) is 32.9. The van der Waals surface area contributed by atoms with E-state index >= 15 is 0 Å². The van der Waals surface area contributed by atoms with Crippen LogP contribution in [-0.2, 0) is 9.59 Å². The fraction of sp³-hybridized carbons (Fsp3) is 0.818. The summed E-state index contributed by atoms with van der Waals surface area (Å²) in [5.74, 6) is 0.0218. The molecule has 0 amide bonds. The first-order valence-electron chi connectivity index (χ1n) is 5.31. The van der Waals surface area contributed by atoms with Crippen LogP contribution in [0.5, 0.6) is 0 Å². The lowest BCUT2D eigenvalue weighted by molar-refractivity contribution is -0.131. The zero-order valence-electron chi connectivity index (χ0n) is 8.88. The van der Waals surface area contributed by atoms with Gasteiger partial charge in [-0.3, -0.25) is 9.59 Å². The fourth-order valence-corrected chi connectivity index (χ4v) is 2.65. The molecule has 3 nitrogen and oxygen atoms in total. The average molecular weight is 195 g/mol. The van der Waals surface area contributed by atoms with Crippen LogP contribution in [0, 0.1) is 11.3 Å². The van der Waals surface area contributed by atoms with Crippen LogP contribution >= 0.6 is 0 Å². The van der Waals surface area contributed by atoms with Gasteiger partial charge in [0.05, 0.1) is 5.92 Å². The highest BCUT2D eigenvalue weighted by atomic mass is 16.2. The number of carbonyl (C=O) groups is 2. The van der Waals surface area contributed by atoms with Gasteiger partial charge >= 0.3 is 0 Å². The lowest BCUT2D eigenvalue weighted by atomic mass is 9.75. The summed E-state index contributed by atoms with van der Waals surface area (Å²) >= 11 is 0. The van der Waals surface area contributed by atoms with Crippen LogP contribution in [0.25, 0.3) is 0 Å². The molecule has 1 heterocycles. The maximum atomic E-state index is 12.0. The van der Waals surface area contributed by atoms with Gasteiger partial charge in [0, 0.05) is 11.8 Å². The molecule has 0 aromatic rings. The van der Waals surface area contributed by atoms with E-state index in [9.17, 15) is 9.59 Å². The zero-order valence-corrected chi connectivity index (χ0v) is 8.88. The second kappa shape index (κ2) is 3.16. The summed E-state index contributed by atoms with van der Waals surface area (Å²) in [5, 5.41) is 0. The molecule has 1 saturated carbocycles. The summed E-state index contributed by atoms with van der Waals surface area (Å²) in [5.41, 5.74) is -0.275. The number of piperidine rings is 1. The second-order valence-electron chi connectivity index (χ2n) is 4.81. The van der Waals surface area contributed by atoms with Gasteiger partial charge in [-0.1, -0.05) is 0 Å². The molecule has 1 aliphatic heterocycles. The number of hydrogen-bond donors (Lipinski definition) is 0. The van der Waals surface area contributed by atoms with Crippen molar-refractivity contribution in [2.75, 3.05) is 20.1 Å². The Balaban J connectivity index is 2.18. The molecule has 0 aromatic carbocycles. The van der Waals surface area contributed by atoms with Crippen LogP contribution in [0.2, 0.25) is 0 Å². The second-order valence-corrected chi connectivity index (χ2v) is 4.81. The van der Waals surface area contributed by atoms with Crippen LogP contribution in [0.3, 0.4) is 0 Å². The van der Waals surface area contributed by atoms with Gasteiger partial charge < -0.3 is 4.90 Å². The molecular formula is C11H17NO2. The first-order valence-corrected chi connectivity index (χ1v) is 5.31. The number of rotatable bonds is 0. The van der Waals surface area contributed by atoms with Crippen molar-refractivity contribution in [1.29, 1.82) is 0 Å². The number of nitrogens with zero attached hydrogens (tertiary/aromatic N) is 1. The molecule has 1 atom stereocenters.